The molecule has 1 amide bonds. The fourth-order valence-corrected chi connectivity index (χ4v) is 4.72. The quantitative estimate of drug-likeness (QED) is 0.362. The van der Waals surface area contributed by atoms with Crippen LogP contribution in [0.2, 0.25) is 0 Å². The van der Waals surface area contributed by atoms with E-state index in [0.29, 0.717) is 12.8 Å². The molecule has 0 atom stereocenters. The number of nitrogens with zero attached hydrogens (tertiary/aromatic N) is 3. The van der Waals surface area contributed by atoms with E-state index < -0.39 is 0 Å². The summed E-state index contributed by atoms with van der Waals surface area (Å²) in [6.45, 7) is 4.12. The Bertz CT molecular complexity index is 1160. The van der Waals surface area contributed by atoms with Crippen molar-refractivity contribution in [1.82, 2.24) is 4.98 Å². The van der Waals surface area contributed by atoms with E-state index in [9.17, 15) is 4.79 Å². The van der Waals surface area contributed by atoms with Gasteiger partial charge < -0.3 is 4.90 Å². The third-order valence-corrected chi connectivity index (χ3v) is 6.29. The van der Waals surface area contributed by atoms with Crippen molar-refractivity contribution in [2.75, 3.05) is 23.9 Å². The molecule has 0 radical (unpaired) electrons. The van der Waals surface area contributed by atoms with Crippen LogP contribution in [-0.4, -0.2) is 25.0 Å². The van der Waals surface area contributed by atoms with Gasteiger partial charge in [-0.25, -0.2) is 4.98 Å². The maximum absolute atomic E-state index is 13.5. The molecule has 0 spiro atoms. The van der Waals surface area contributed by atoms with Crippen LogP contribution in [0.4, 0.5) is 16.5 Å². The third kappa shape index (κ3) is 4.78. The number of para-hydroxylation sites is 1. The molecular formula is C26H27N3OS. The Balaban J connectivity index is 1.64. The van der Waals surface area contributed by atoms with Gasteiger partial charge in [0.05, 0.1) is 15.9 Å². The summed E-state index contributed by atoms with van der Waals surface area (Å²) in [5.41, 5.74) is 6.37. The van der Waals surface area contributed by atoms with Crippen LogP contribution in [0.15, 0.2) is 66.7 Å². The topological polar surface area (TPSA) is 36.4 Å². The molecule has 0 saturated heterocycles. The minimum atomic E-state index is 0.0562. The van der Waals surface area contributed by atoms with Crippen molar-refractivity contribution in [1.29, 1.82) is 0 Å². The van der Waals surface area contributed by atoms with E-state index in [1.807, 2.05) is 38.4 Å². The van der Waals surface area contributed by atoms with Crippen molar-refractivity contribution in [3.63, 3.8) is 0 Å². The summed E-state index contributed by atoms with van der Waals surface area (Å²) in [4.78, 5) is 22.1. The van der Waals surface area contributed by atoms with Crippen LogP contribution in [0.5, 0.6) is 0 Å². The van der Waals surface area contributed by atoms with Crippen molar-refractivity contribution < 1.29 is 4.79 Å². The predicted molar refractivity (Wildman–Crippen MR) is 132 cm³/mol. The van der Waals surface area contributed by atoms with Gasteiger partial charge in [0.1, 0.15) is 0 Å². The molecule has 0 bridgehead atoms. The fraction of sp³-hybridized carbons (Fsp3) is 0.231. The molecule has 0 aliphatic rings. The number of carbonyl (C=O) groups is 1. The molecule has 0 fully saturated rings. The van der Waals surface area contributed by atoms with Crippen LogP contribution >= 0.6 is 11.3 Å². The number of hydrogen-bond acceptors (Lipinski definition) is 4. The van der Waals surface area contributed by atoms with Gasteiger partial charge in [-0.15, -0.1) is 0 Å². The summed E-state index contributed by atoms with van der Waals surface area (Å²) < 4.78 is 1.08. The molecule has 0 aliphatic heterocycles. The average Bonchev–Trinajstić information content (AvgIpc) is 3.15. The lowest BCUT2D eigenvalue weighted by Gasteiger charge is -2.21. The van der Waals surface area contributed by atoms with Crippen LogP contribution in [0.3, 0.4) is 0 Å². The zero-order chi connectivity index (χ0) is 22.0. The summed E-state index contributed by atoms with van der Waals surface area (Å²) >= 11 is 1.56. The number of carbonyl (C=O) groups excluding carboxylic acids is 1. The highest BCUT2D eigenvalue weighted by atomic mass is 32.1. The second kappa shape index (κ2) is 8.90. The third-order valence-electron chi connectivity index (χ3n) is 5.27. The van der Waals surface area contributed by atoms with Gasteiger partial charge in [0.15, 0.2) is 5.13 Å². The minimum Gasteiger partial charge on any atom is -0.378 e. The molecule has 1 aromatic heterocycles. The lowest BCUT2D eigenvalue weighted by atomic mass is 10.1. The number of amides is 1. The molecule has 0 N–H and O–H groups in total. The zero-order valence-electron chi connectivity index (χ0n) is 18.4. The Morgan fingerprint density at radius 3 is 2.23 bits per heavy atom. The molecule has 4 rings (SSSR count). The Morgan fingerprint density at radius 2 is 1.58 bits per heavy atom. The normalized spacial score (nSPS) is 11.0. The van der Waals surface area contributed by atoms with Gasteiger partial charge in [0.25, 0.3) is 0 Å². The van der Waals surface area contributed by atoms with Gasteiger partial charge >= 0.3 is 0 Å². The van der Waals surface area contributed by atoms with Gasteiger partial charge in [-0.1, -0.05) is 41.7 Å². The molecule has 0 unspecified atom stereocenters. The van der Waals surface area contributed by atoms with Crippen LogP contribution in [0.1, 0.15) is 23.1 Å². The highest BCUT2D eigenvalue weighted by molar-refractivity contribution is 7.22. The number of hydrogen-bond donors (Lipinski definition) is 0. The van der Waals surface area contributed by atoms with E-state index in [0.717, 1.165) is 43.4 Å². The monoisotopic (exact) mass is 429 g/mol. The van der Waals surface area contributed by atoms with Crippen molar-refractivity contribution in [3.05, 3.63) is 83.4 Å². The summed E-state index contributed by atoms with van der Waals surface area (Å²) in [5.74, 6) is 0.0562. The molecule has 3 aromatic carbocycles. The maximum Gasteiger partial charge on any atom is 0.233 e. The number of aryl methyl sites for hydroxylation is 3. The number of aromatic nitrogens is 1. The molecule has 158 valence electrons. The first-order valence-corrected chi connectivity index (χ1v) is 11.3. The van der Waals surface area contributed by atoms with E-state index in [4.69, 9.17) is 4.98 Å². The summed E-state index contributed by atoms with van der Waals surface area (Å²) in [7, 11) is 4.05. The second-order valence-corrected chi connectivity index (χ2v) is 9.11. The highest BCUT2D eigenvalue weighted by Gasteiger charge is 2.22. The second-order valence-electron chi connectivity index (χ2n) is 8.10. The van der Waals surface area contributed by atoms with Crippen LogP contribution in [0, 0.1) is 13.8 Å². The molecule has 1 heterocycles. The molecule has 5 heteroatoms. The van der Waals surface area contributed by atoms with Crippen LogP contribution in [-0.2, 0) is 11.2 Å². The fourth-order valence-electron chi connectivity index (χ4n) is 3.72. The number of benzene rings is 3. The summed E-state index contributed by atoms with van der Waals surface area (Å²) in [6.07, 6.45) is 1.11. The van der Waals surface area contributed by atoms with Crippen LogP contribution < -0.4 is 9.80 Å². The SMILES string of the molecule is Cc1cc(C)cc(N(C(=O)CCc2ccc(N(C)C)cc2)c2nc3ccccc3s2)c1. The lowest BCUT2D eigenvalue weighted by molar-refractivity contribution is -0.117. The molecule has 4 aromatic rings. The largest absolute Gasteiger partial charge is 0.378 e. The smallest absolute Gasteiger partial charge is 0.233 e. The molecule has 4 nitrogen and oxygen atoms in total. The summed E-state index contributed by atoms with van der Waals surface area (Å²) in [5, 5.41) is 0.721. The van der Waals surface area contributed by atoms with Crippen molar-refractivity contribution in [2.45, 2.75) is 26.7 Å². The van der Waals surface area contributed by atoms with Gasteiger partial charge in [-0.3, -0.25) is 9.69 Å². The van der Waals surface area contributed by atoms with E-state index in [1.54, 1.807) is 16.2 Å². The van der Waals surface area contributed by atoms with Gasteiger partial charge in [-0.2, -0.15) is 0 Å². The number of rotatable bonds is 6. The number of anilines is 3. The van der Waals surface area contributed by atoms with E-state index in [2.05, 4.69) is 61.2 Å². The summed E-state index contributed by atoms with van der Waals surface area (Å²) in [6, 6.07) is 22.6. The number of thiazole rings is 1. The van der Waals surface area contributed by atoms with Crippen molar-refractivity contribution in [3.8, 4) is 0 Å². The Kier molecular flexibility index (Phi) is 6.05. The van der Waals surface area contributed by atoms with Gasteiger partial charge in [0, 0.05) is 26.2 Å². The lowest BCUT2D eigenvalue weighted by Crippen LogP contribution is -2.26. The zero-order valence-corrected chi connectivity index (χ0v) is 19.2. The van der Waals surface area contributed by atoms with E-state index in [-0.39, 0.29) is 5.91 Å². The van der Waals surface area contributed by atoms with Crippen LogP contribution in [0.25, 0.3) is 10.2 Å². The van der Waals surface area contributed by atoms with Crippen molar-refractivity contribution >= 4 is 44.0 Å². The van der Waals surface area contributed by atoms with E-state index >= 15 is 0 Å². The minimum absolute atomic E-state index is 0.0562. The van der Waals surface area contributed by atoms with Crippen molar-refractivity contribution in [2.24, 2.45) is 0 Å². The maximum atomic E-state index is 13.5. The molecule has 0 saturated carbocycles. The van der Waals surface area contributed by atoms with Gasteiger partial charge in [-0.05, 0) is 73.4 Å². The standard InChI is InChI=1S/C26H27N3OS/c1-18-15-19(2)17-22(16-18)29(26-27-23-7-5-6-8-24(23)31-26)25(30)14-11-20-9-12-21(13-10-20)28(3)4/h5-10,12-13,15-17H,11,14H2,1-4H3. The van der Waals surface area contributed by atoms with Gasteiger partial charge in [0.2, 0.25) is 5.91 Å². The Labute approximate surface area is 187 Å². The Morgan fingerprint density at radius 1 is 0.903 bits per heavy atom. The first kappa shape index (κ1) is 21.1. The number of fused-ring (bicyclic) bond motifs is 1. The Hall–Kier alpha value is -3.18. The molecule has 0 aliphatic carbocycles. The molecular weight excluding hydrogens is 402 g/mol. The van der Waals surface area contributed by atoms with E-state index in [1.165, 1.54) is 0 Å². The molecule has 31 heavy (non-hydrogen) atoms. The average molecular weight is 430 g/mol. The first-order chi connectivity index (χ1) is 14.9. The first-order valence-electron chi connectivity index (χ1n) is 10.4. The highest BCUT2D eigenvalue weighted by Crippen LogP contribution is 2.35. The predicted octanol–water partition coefficient (Wildman–Crippen LogP) is 6.28.